The van der Waals surface area contributed by atoms with E-state index >= 15 is 0 Å². The van der Waals surface area contributed by atoms with Gasteiger partial charge in [0.15, 0.2) is 11.4 Å². The quantitative estimate of drug-likeness (QED) is 0.658. The zero-order valence-corrected chi connectivity index (χ0v) is 8.93. The largest absolute Gasteiger partial charge is 0.292 e. The molecular formula is C10H12N4O. The zero-order valence-electron chi connectivity index (χ0n) is 8.93. The molecule has 0 saturated heterocycles. The van der Waals surface area contributed by atoms with E-state index in [1.54, 1.807) is 23.1 Å². The van der Waals surface area contributed by atoms with Crippen LogP contribution in [0.5, 0.6) is 0 Å². The highest BCUT2D eigenvalue weighted by atomic mass is 16.1. The van der Waals surface area contributed by atoms with Crippen molar-refractivity contribution in [3.8, 4) is 0 Å². The van der Waals surface area contributed by atoms with Crippen molar-refractivity contribution >= 4 is 11.4 Å². The highest BCUT2D eigenvalue weighted by Crippen LogP contribution is 2.19. The first-order chi connectivity index (χ1) is 6.98. The molecule has 15 heavy (non-hydrogen) atoms. The summed E-state index contributed by atoms with van der Waals surface area (Å²) in [7, 11) is 0. The molecule has 0 fully saturated rings. The molecule has 5 heteroatoms. The number of carbonyl (C=O) groups excluding carboxylic acids is 1. The second-order valence-corrected chi connectivity index (χ2v) is 4.45. The summed E-state index contributed by atoms with van der Waals surface area (Å²) in [6, 6.07) is 0. The predicted molar refractivity (Wildman–Crippen MR) is 54.6 cm³/mol. The first kappa shape index (κ1) is 9.76. The lowest BCUT2D eigenvalue weighted by atomic mass is 9.89. The van der Waals surface area contributed by atoms with Crippen LogP contribution < -0.4 is 0 Å². The number of hydrogen-bond acceptors (Lipinski definition) is 4. The summed E-state index contributed by atoms with van der Waals surface area (Å²) in [5.41, 5.74) is 0.657. The maximum absolute atomic E-state index is 11.9. The fourth-order valence-electron chi connectivity index (χ4n) is 1.24. The number of nitrogens with zero attached hydrogens (tertiary/aromatic N) is 4. The summed E-state index contributed by atoms with van der Waals surface area (Å²) in [4.78, 5) is 16.0. The molecular weight excluding hydrogens is 192 g/mol. The Kier molecular flexibility index (Phi) is 2.03. The van der Waals surface area contributed by atoms with E-state index in [0.29, 0.717) is 11.3 Å². The van der Waals surface area contributed by atoms with Crippen molar-refractivity contribution in [1.29, 1.82) is 0 Å². The van der Waals surface area contributed by atoms with Crippen LogP contribution >= 0.6 is 0 Å². The Hall–Kier alpha value is -1.78. The smallest absolute Gasteiger partial charge is 0.187 e. The molecule has 2 aromatic rings. The van der Waals surface area contributed by atoms with E-state index in [9.17, 15) is 4.79 Å². The second-order valence-electron chi connectivity index (χ2n) is 4.45. The van der Waals surface area contributed by atoms with Crippen LogP contribution in [0.2, 0.25) is 0 Å². The van der Waals surface area contributed by atoms with Crippen molar-refractivity contribution in [1.82, 2.24) is 19.6 Å². The van der Waals surface area contributed by atoms with E-state index in [-0.39, 0.29) is 5.78 Å². The van der Waals surface area contributed by atoms with Crippen LogP contribution in [0.4, 0.5) is 0 Å². The number of Topliss-reactive ketones (excluding diaryl/α,β-unsaturated/α-hetero) is 1. The Morgan fingerprint density at radius 2 is 2.13 bits per heavy atom. The van der Waals surface area contributed by atoms with Gasteiger partial charge < -0.3 is 0 Å². The molecule has 0 saturated carbocycles. The number of rotatable bonds is 1. The van der Waals surface area contributed by atoms with Crippen LogP contribution in [-0.4, -0.2) is 25.4 Å². The van der Waals surface area contributed by atoms with Gasteiger partial charge in [0, 0.05) is 11.6 Å². The fourth-order valence-corrected chi connectivity index (χ4v) is 1.24. The van der Waals surface area contributed by atoms with Crippen LogP contribution in [0.15, 0.2) is 18.7 Å². The average molecular weight is 204 g/mol. The molecule has 0 unspecified atom stereocenters. The Morgan fingerprint density at radius 3 is 2.80 bits per heavy atom. The summed E-state index contributed by atoms with van der Waals surface area (Å²) in [5.74, 6) is 0.0121. The predicted octanol–water partition coefficient (Wildman–Crippen LogP) is 1.35. The average Bonchev–Trinajstić information content (AvgIpc) is 2.61. The van der Waals surface area contributed by atoms with Crippen molar-refractivity contribution in [2.45, 2.75) is 20.8 Å². The third-order valence-electron chi connectivity index (χ3n) is 2.10. The highest BCUT2D eigenvalue weighted by Gasteiger charge is 2.24. The molecule has 0 spiro atoms. The van der Waals surface area contributed by atoms with Gasteiger partial charge in [0.2, 0.25) is 0 Å². The molecule has 0 atom stereocenters. The molecule has 0 aromatic carbocycles. The third-order valence-corrected chi connectivity index (χ3v) is 2.10. The highest BCUT2D eigenvalue weighted by molar-refractivity contribution is 5.97. The van der Waals surface area contributed by atoms with Gasteiger partial charge in [-0.1, -0.05) is 20.8 Å². The summed E-state index contributed by atoms with van der Waals surface area (Å²) < 4.78 is 1.69. The summed E-state index contributed by atoms with van der Waals surface area (Å²) in [6.45, 7) is 5.61. The summed E-state index contributed by atoms with van der Waals surface area (Å²) >= 11 is 0. The van der Waals surface area contributed by atoms with Gasteiger partial charge >= 0.3 is 0 Å². The maximum atomic E-state index is 11.9. The summed E-state index contributed by atoms with van der Waals surface area (Å²) in [6.07, 6.45) is 4.76. The van der Waals surface area contributed by atoms with Gasteiger partial charge in [0.05, 0.1) is 6.20 Å². The second kappa shape index (κ2) is 3.12. The van der Waals surface area contributed by atoms with Crippen molar-refractivity contribution in [2.75, 3.05) is 0 Å². The lowest BCUT2D eigenvalue weighted by Gasteiger charge is -2.15. The molecule has 0 radical (unpaired) electrons. The maximum Gasteiger partial charge on any atom is 0.187 e. The van der Waals surface area contributed by atoms with Crippen LogP contribution in [0, 0.1) is 5.41 Å². The van der Waals surface area contributed by atoms with E-state index in [0.717, 1.165) is 0 Å². The topological polar surface area (TPSA) is 60.2 Å². The molecule has 5 nitrogen and oxygen atoms in total. The molecule has 0 amide bonds. The van der Waals surface area contributed by atoms with E-state index in [1.165, 1.54) is 0 Å². The number of fused-ring (bicyclic) bond motifs is 1. The molecule has 0 N–H and O–H groups in total. The SMILES string of the molecule is CC(C)(C)C(=O)c1cn2cnnc2cn1. The third kappa shape index (κ3) is 1.72. The number of carbonyl (C=O) groups is 1. The lowest BCUT2D eigenvalue weighted by Crippen LogP contribution is -2.21. The monoisotopic (exact) mass is 204 g/mol. The van der Waals surface area contributed by atoms with Gasteiger partial charge in [-0.15, -0.1) is 10.2 Å². The minimum atomic E-state index is -0.422. The first-order valence-electron chi connectivity index (χ1n) is 4.69. The molecule has 0 aliphatic rings. The summed E-state index contributed by atoms with van der Waals surface area (Å²) in [5, 5.41) is 7.55. The molecule has 2 rings (SSSR count). The Morgan fingerprint density at radius 1 is 1.40 bits per heavy atom. The number of aromatic nitrogens is 4. The van der Waals surface area contributed by atoms with E-state index in [2.05, 4.69) is 15.2 Å². The molecule has 78 valence electrons. The van der Waals surface area contributed by atoms with E-state index in [4.69, 9.17) is 0 Å². The van der Waals surface area contributed by atoms with Gasteiger partial charge in [0.1, 0.15) is 12.0 Å². The van der Waals surface area contributed by atoms with Gasteiger partial charge in [-0.2, -0.15) is 0 Å². The lowest BCUT2D eigenvalue weighted by molar-refractivity contribution is 0.0852. The van der Waals surface area contributed by atoms with Crippen molar-refractivity contribution in [3.05, 3.63) is 24.4 Å². The zero-order chi connectivity index (χ0) is 11.1. The van der Waals surface area contributed by atoms with Crippen LogP contribution in [-0.2, 0) is 0 Å². The van der Waals surface area contributed by atoms with Crippen LogP contribution in [0.3, 0.4) is 0 Å². The molecule has 0 aliphatic heterocycles. The molecule has 2 heterocycles. The first-order valence-corrected chi connectivity index (χ1v) is 4.69. The Bertz CT molecular complexity index is 509. The van der Waals surface area contributed by atoms with E-state index in [1.807, 2.05) is 20.8 Å². The van der Waals surface area contributed by atoms with E-state index < -0.39 is 5.41 Å². The van der Waals surface area contributed by atoms with Crippen LogP contribution in [0.25, 0.3) is 5.65 Å². The Balaban J connectivity index is 2.49. The van der Waals surface area contributed by atoms with Gasteiger partial charge in [-0.05, 0) is 0 Å². The molecule has 0 aliphatic carbocycles. The molecule has 0 bridgehead atoms. The van der Waals surface area contributed by atoms with Gasteiger partial charge in [-0.3, -0.25) is 9.20 Å². The molecule has 2 aromatic heterocycles. The normalized spacial score (nSPS) is 11.9. The van der Waals surface area contributed by atoms with Crippen LogP contribution in [0.1, 0.15) is 31.3 Å². The fraction of sp³-hybridized carbons (Fsp3) is 0.400. The minimum Gasteiger partial charge on any atom is -0.292 e. The standard InChI is InChI=1S/C10H12N4O/c1-10(2,3)9(15)7-5-14-6-12-13-8(14)4-11-7/h4-6H,1-3H3. The van der Waals surface area contributed by atoms with Crippen molar-refractivity contribution < 1.29 is 4.79 Å². The number of ketones is 1. The number of hydrogen-bond donors (Lipinski definition) is 0. The van der Waals surface area contributed by atoms with Gasteiger partial charge in [-0.25, -0.2) is 4.98 Å². The minimum absolute atomic E-state index is 0.0121. The Labute approximate surface area is 87.2 Å². The van der Waals surface area contributed by atoms with Crippen molar-refractivity contribution in [3.63, 3.8) is 0 Å². The van der Waals surface area contributed by atoms with Gasteiger partial charge in [0.25, 0.3) is 0 Å². The van der Waals surface area contributed by atoms with Crippen molar-refractivity contribution in [2.24, 2.45) is 5.41 Å².